The maximum Gasteiger partial charge on any atom is 0.338 e. The fourth-order valence-electron chi connectivity index (χ4n) is 3.64. The van der Waals surface area contributed by atoms with E-state index in [1.54, 1.807) is 12.1 Å². The molecule has 0 aromatic heterocycles. The lowest BCUT2D eigenvalue weighted by Gasteiger charge is -2.14. The van der Waals surface area contributed by atoms with Gasteiger partial charge in [-0.25, -0.2) is 4.79 Å². The molecule has 2 aromatic carbocycles. The molecule has 0 aliphatic rings. The highest BCUT2D eigenvalue weighted by Gasteiger charge is 2.08. The molecule has 2 aromatic rings. The van der Waals surface area contributed by atoms with Crippen molar-refractivity contribution in [2.75, 3.05) is 119 Å². The molecule has 2 rings (SSSR count). The number of ether oxygens (including phenoxy) is 9. The minimum Gasteiger partial charge on any atom is -0.487 e. The Morgan fingerprint density at radius 2 is 0.891 bits per heavy atom. The summed E-state index contributed by atoms with van der Waals surface area (Å²) in [5.74, 6) is 0.676. The van der Waals surface area contributed by atoms with Gasteiger partial charge in [0, 0.05) is 0 Å². The summed E-state index contributed by atoms with van der Waals surface area (Å²) in [5, 5.41) is 26.2. The summed E-state index contributed by atoms with van der Waals surface area (Å²) >= 11 is 0. The van der Waals surface area contributed by atoms with Crippen molar-refractivity contribution in [1.82, 2.24) is 0 Å². The molecule has 0 heterocycles. The van der Waals surface area contributed by atoms with Crippen LogP contribution in [0.25, 0.3) is 12.2 Å². The molecule has 0 saturated heterocycles. The second-order valence-corrected chi connectivity index (χ2v) is 9.34. The zero-order chi connectivity index (χ0) is 32.9. The first kappa shape index (κ1) is 39.1. The summed E-state index contributed by atoms with van der Waals surface area (Å²) in [6.07, 6.45) is 3.85. The van der Waals surface area contributed by atoms with Crippen molar-refractivity contribution in [3.63, 3.8) is 0 Å². The zero-order valence-corrected chi connectivity index (χ0v) is 26.3. The fourth-order valence-corrected chi connectivity index (χ4v) is 3.64. The third-order valence-corrected chi connectivity index (χ3v) is 5.84. The Labute approximate surface area is 270 Å². The lowest BCUT2D eigenvalue weighted by Crippen LogP contribution is -2.13. The van der Waals surface area contributed by atoms with Gasteiger partial charge in [-0.15, -0.1) is 0 Å². The highest BCUT2D eigenvalue weighted by Crippen LogP contribution is 2.29. The highest BCUT2D eigenvalue weighted by atomic mass is 16.6. The number of esters is 1. The number of carbonyl (C=O) groups excluding carboxylic acids is 1. The summed E-state index contributed by atoms with van der Waals surface area (Å²) in [7, 11) is 0. The molecular formula is C33H48O13. The van der Waals surface area contributed by atoms with Crippen LogP contribution >= 0.6 is 0 Å². The van der Waals surface area contributed by atoms with Crippen LogP contribution in [0, 0.1) is 0 Å². The van der Waals surface area contributed by atoms with Crippen molar-refractivity contribution in [3.8, 4) is 11.5 Å². The van der Waals surface area contributed by atoms with Gasteiger partial charge in [0.15, 0.2) is 11.5 Å². The largest absolute Gasteiger partial charge is 0.487 e. The van der Waals surface area contributed by atoms with Crippen molar-refractivity contribution >= 4 is 18.1 Å². The highest BCUT2D eigenvalue weighted by molar-refractivity contribution is 5.89. The maximum atomic E-state index is 12.3. The number of hydrogen-bond acceptors (Lipinski definition) is 13. The molecule has 258 valence electrons. The van der Waals surface area contributed by atoms with Crippen molar-refractivity contribution in [1.29, 1.82) is 0 Å². The first-order valence-electron chi connectivity index (χ1n) is 15.3. The van der Waals surface area contributed by atoms with E-state index >= 15 is 0 Å². The minimum atomic E-state index is -0.435. The van der Waals surface area contributed by atoms with Gasteiger partial charge < -0.3 is 58.0 Å². The predicted molar refractivity (Wildman–Crippen MR) is 169 cm³/mol. The number of aliphatic hydroxyl groups excluding tert-OH is 3. The number of aliphatic hydroxyl groups is 3. The van der Waals surface area contributed by atoms with E-state index in [1.165, 1.54) is 0 Å². The molecule has 13 nitrogen and oxygen atoms in total. The Morgan fingerprint density at radius 1 is 0.478 bits per heavy atom. The van der Waals surface area contributed by atoms with Gasteiger partial charge in [-0.1, -0.05) is 30.4 Å². The first-order chi connectivity index (χ1) is 22.7. The number of hydrogen-bond donors (Lipinski definition) is 3. The van der Waals surface area contributed by atoms with E-state index in [0.717, 1.165) is 11.1 Å². The summed E-state index contributed by atoms with van der Waals surface area (Å²) in [5.41, 5.74) is 2.20. The second kappa shape index (κ2) is 27.0. The molecular weight excluding hydrogens is 604 g/mol. The predicted octanol–water partition coefficient (Wildman–Crippen LogP) is 1.85. The number of rotatable bonds is 29. The molecule has 0 bridgehead atoms. The van der Waals surface area contributed by atoms with Crippen molar-refractivity contribution < 1.29 is 62.7 Å². The standard InChI is InChI=1S/C33H48O13/c34-9-12-38-15-18-41-21-24-44-31-8-5-29(27-32(31)45-25-22-42-19-16-39-13-10-35)2-1-28-3-6-30(7-4-28)33(37)46-26-23-43-20-17-40-14-11-36/h1-8,27,34-36H,9-26H2/b2-1+. The maximum absolute atomic E-state index is 12.3. The Hall–Kier alpha value is -3.11. The van der Waals surface area contributed by atoms with Crippen molar-refractivity contribution in [3.05, 3.63) is 59.2 Å². The van der Waals surface area contributed by atoms with E-state index in [-0.39, 0.29) is 52.9 Å². The lowest BCUT2D eigenvalue weighted by molar-refractivity contribution is 0.00920. The normalized spacial score (nSPS) is 11.3. The van der Waals surface area contributed by atoms with Crippen LogP contribution in [0.3, 0.4) is 0 Å². The molecule has 0 unspecified atom stereocenters. The minimum absolute atomic E-state index is 0.0228. The zero-order valence-electron chi connectivity index (χ0n) is 26.3. The Morgan fingerprint density at radius 3 is 1.41 bits per heavy atom. The Bertz CT molecular complexity index is 1060. The van der Waals surface area contributed by atoms with Crippen LogP contribution in [0.2, 0.25) is 0 Å². The van der Waals surface area contributed by atoms with E-state index in [4.69, 9.17) is 58.0 Å². The second-order valence-electron chi connectivity index (χ2n) is 9.34. The SMILES string of the molecule is O=C(OCCOCCOCCO)c1ccc(/C=C/c2ccc(OCCOCCOCCO)c(OCCOCCOCCO)c2)cc1. The molecule has 46 heavy (non-hydrogen) atoms. The molecule has 0 spiro atoms. The van der Waals surface area contributed by atoms with E-state index in [2.05, 4.69) is 0 Å². The van der Waals surface area contributed by atoms with Crippen LogP contribution in [0.1, 0.15) is 21.5 Å². The van der Waals surface area contributed by atoms with E-state index in [9.17, 15) is 4.79 Å². The van der Waals surface area contributed by atoms with Crippen LogP contribution < -0.4 is 9.47 Å². The van der Waals surface area contributed by atoms with Crippen LogP contribution in [-0.2, 0) is 33.2 Å². The van der Waals surface area contributed by atoms with Gasteiger partial charge in [0.1, 0.15) is 19.8 Å². The molecule has 0 radical (unpaired) electrons. The van der Waals surface area contributed by atoms with Crippen LogP contribution in [0.5, 0.6) is 11.5 Å². The van der Waals surface area contributed by atoms with Crippen LogP contribution in [0.4, 0.5) is 0 Å². The van der Waals surface area contributed by atoms with Crippen molar-refractivity contribution in [2.24, 2.45) is 0 Å². The molecule has 0 saturated carbocycles. The van der Waals surface area contributed by atoms with Gasteiger partial charge in [-0.3, -0.25) is 0 Å². The summed E-state index contributed by atoms with van der Waals surface area (Å²) < 4.78 is 48.9. The molecule has 0 aliphatic heterocycles. The fraction of sp³-hybridized carbons (Fsp3) is 0.545. The number of carbonyl (C=O) groups is 1. The summed E-state index contributed by atoms with van der Waals surface area (Å²) in [4.78, 5) is 12.3. The monoisotopic (exact) mass is 652 g/mol. The van der Waals surface area contributed by atoms with Gasteiger partial charge in [0.2, 0.25) is 0 Å². The van der Waals surface area contributed by atoms with Crippen molar-refractivity contribution in [2.45, 2.75) is 0 Å². The molecule has 0 aliphatic carbocycles. The quantitative estimate of drug-likeness (QED) is 0.0664. The topological polar surface area (TPSA) is 161 Å². The molecule has 0 amide bonds. The van der Waals surface area contributed by atoms with Gasteiger partial charge in [-0.05, 0) is 35.4 Å². The average molecular weight is 653 g/mol. The van der Waals surface area contributed by atoms with Crippen LogP contribution in [-0.4, -0.2) is 140 Å². The van der Waals surface area contributed by atoms with Gasteiger partial charge in [0.05, 0.1) is 105 Å². The van der Waals surface area contributed by atoms with E-state index < -0.39 is 5.97 Å². The van der Waals surface area contributed by atoms with E-state index in [0.29, 0.717) is 83.1 Å². The van der Waals surface area contributed by atoms with E-state index in [1.807, 2.05) is 42.5 Å². The number of benzene rings is 2. The van der Waals surface area contributed by atoms with Gasteiger partial charge in [-0.2, -0.15) is 0 Å². The Balaban J connectivity index is 1.86. The Kier molecular flexibility index (Phi) is 23.0. The van der Waals surface area contributed by atoms with Gasteiger partial charge in [0.25, 0.3) is 0 Å². The summed E-state index contributed by atoms with van der Waals surface area (Å²) in [6.45, 7) is 4.75. The summed E-state index contributed by atoms with van der Waals surface area (Å²) in [6, 6.07) is 12.7. The lowest BCUT2D eigenvalue weighted by atomic mass is 10.1. The third kappa shape index (κ3) is 18.8. The van der Waals surface area contributed by atoms with Gasteiger partial charge >= 0.3 is 5.97 Å². The average Bonchev–Trinajstić information content (AvgIpc) is 3.08. The van der Waals surface area contributed by atoms with Crippen LogP contribution in [0.15, 0.2) is 42.5 Å². The first-order valence-corrected chi connectivity index (χ1v) is 15.3. The molecule has 0 atom stereocenters. The third-order valence-electron chi connectivity index (χ3n) is 5.84. The molecule has 3 N–H and O–H groups in total. The molecule has 0 fully saturated rings. The smallest absolute Gasteiger partial charge is 0.338 e. The molecule has 13 heteroatoms.